The zero-order chi connectivity index (χ0) is 12.4. The third-order valence-corrected chi connectivity index (χ3v) is 4.41. The van der Waals surface area contributed by atoms with Gasteiger partial charge in [-0.2, -0.15) is 0 Å². The van der Waals surface area contributed by atoms with Gasteiger partial charge in [0, 0.05) is 21.3 Å². The number of ketones is 1. The average molecular weight is 309 g/mol. The quantitative estimate of drug-likeness (QED) is 0.723. The van der Waals surface area contributed by atoms with Crippen LogP contribution in [-0.4, -0.2) is 5.78 Å². The summed E-state index contributed by atoms with van der Waals surface area (Å²) in [5.74, 6) is 0.212. The summed E-state index contributed by atoms with van der Waals surface area (Å²) < 4.78 is 1.08. The van der Waals surface area contributed by atoms with Crippen molar-refractivity contribution >= 4 is 33.0 Å². The molecule has 1 aromatic carbocycles. The second-order valence-corrected chi connectivity index (χ2v) is 5.86. The van der Waals surface area contributed by atoms with E-state index in [-0.39, 0.29) is 5.78 Å². The Labute approximate surface area is 114 Å². The fourth-order valence-corrected chi connectivity index (χ4v) is 3.52. The van der Waals surface area contributed by atoms with Gasteiger partial charge in [-0.15, -0.1) is 11.3 Å². The molecule has 0 saturated heterocycles. The molecule has 0 aliphatic carbocycles. The Balaban J connectivity index is 2.40. The molecule has 2 aromatic rings. The summed E-state index contributed by atoms with van der Waals surface area (Å²) in [6.45, 7) is 3.96. The van der Waals surface area contributed by atoms with E-state index < -0.39 is 0 Å². The standard InChI is InChI=1S/C14H13BrOS/c1-3-12(16)14-7-6-13(17-14)10-5-4-9(2)8-11(10)15/h4-8H,3H2,1-2H3. The first-order valence-corrected chi connectivity index (χ1v) is 7.12. The number of halogens is 1. The van der Waals surface area contributed by atoms with Crippen LogP contribution >= 0.6 is 27.3 Å². The molecule has 1 heterocycles. The molecule has 0 N–H and O–H groups in total. The van der Waals surface area contributed by atoms with E-state index in [2.05, 4.69) is 41.1 Å². The summed E-state index contributed by atoms with van der Waals surface area (Å²) in [6.07, 6.45) is 0.565. The fourth-order valence-electron chi connectivity index (χ4n) is 1.63. The van der Waals surface area contributed by atoms with Crippen molar-refractivity contribution in [3.05, 3.63) is 45.2 Å². The van der Waals surface area contributed by atoms with Gasteiger partial charge in [0.1, 0.15) is 0 Å². The van der Waals surface area contributed by atoms with Crippen LogP contribution in [0.4, 0.5) is 0 Å². The van der Waals surface area contributed by atoms with E-state index in [1.54, 1.807) is 11.3 Å². The molecule has 0 saturated carbocycles. The highest BCUT2D eigenvalue weighted by molar-refractivity contribution is 9.10. The van der Waals surface area contributed by atoms with E-state index in [1.165, 1.54) is 5.56 Å². The molecule has 3 heteroatoms. The summed E-state index contributed by atoms with van der Waals surface area (Å²) in [7, 11) is 0. The van der Waals surface area contributed by atoms with Gasteiger partial charge >= 0.3 is 0 Å². The zero-order valence-corrected chi connectivity index (χ0v) is 12.2. The fraction of sp³-hybridized carbons (Fsp3) is 0.214. The molecular formula is C14H13BrOS. The molecule has 0 radical (unpaired) electrons. The lowest BCUT2D eigenvalue weighted by Crippen LogP contribution is -1.90. The van der Waals surface area contributed by atoms with Crippen LogP contribution in [0.5, 0.6) is 0 Å². The molecule has 0 fully saturated rings. The van der Waals surface area contributed by atoms with Crippen LogP contribution in [0.2, 0.25) is 0 Å². The Hall–Kier alpha value is -0.930. The Morgan fingerprint density at radius 1 is 1.29 bits per heavy atom. The molecule has 0 aliphatic rings. The first-order valence-electron chi connectivity index (χ1n) is 5.51. The van der Waals surface area contributed by atoms with Crippen LogP contribution in [0.1, 0.15) is 28.6 Å². The summed E-state index contributed by atoms with van der Waals surface area (Å²) in [5.41, 5.74) is 2.37. The minimum Gasteiger partial charge on any atom is -0.293 e. The lowest BCUT2D eigenvalue weighted by molar-refractivity contribution is 0.0992. The SMILES string of the molecule is CCC(=O)c1ccc(-c2ccc(C)cc2Br)s1. The Morgan fingerprint density at radius 3 is 2.71 bits per heavy atom. The number of hydrogen-bond donors (Lipinski definition) is 0. The lowest BCUT2D eigenvalue weighted by atomic mass is 10.1. The van der Waals surface area contributed by atoms with E-state index in [0.29, 0.717) is 6.42 Å². The van der Waals surface area contributed by atoms with E-state index in [1.807, 2.05) is 19.1 Å². The first kappa shape index (κ1) is 12.5. The van der Waals surface area contributed by atoms with E-state index >= 15 is 0 Å². The van der Waals surface area contributed by atoms with E-state index in [4.69, 9.17) is 0 Å². The summed E-state index contributed by atoms with van der Waals surface area (Å²) in [4.78, 5) is 13.6. The van der Waals surface area contributed by atoms with Gasteiger partial charge in [-0.25, -0.2) is 0 Å². The van der Waals surface area contributed by atoms with Crippen molar-refractivity contribution in [2.45, 2.75) is 20.3 Å². The normalized spacial score (nSPS) is 10.5. The molecule has 0 atom stereocenters. The topological polar surface area (TPSA) is 17.1 Å². The largest absolute Gasteiger partial charge is 0.293 e. The van der Waals surface area contributed by atoms with Crippen molar-refractivity contribution in [1.29, 1.82) is 0 Å². The summed E-state index contributed by atoms with van der Waals surface area (Å²) >= 11 is 5.13. The molecule has 1 nitrogen and oxygen atoms in total. The van der Waals surface area contributed by atoms with Crippen LogP contribution < -0.4 is 0 Å². The van der Waals surface area contributed by atoms with Crippen molar-refractivity contribution in [1.82, 2.24) is 0 Å². The van der Waals surface area contributed by atoms with E-state index in [9.17, 15) is 4.79 Å². The number of rotatable bonds is 3. The minimum atomic E-state index is 0.212. The second kappa shape index (κ2) is 5.15. The van der Waals surface area contributed by atoms with Crippen LogP contribution in [0.3, 0.4) is 0 Å². The minimum absolute atomic E-state index is 0.212. The third kappa shape index (κ3) is 2.67. The Bertz CT molecular complexity index is 557. The zero-order valence-electron chi connectivity index (χ0n) is 9.79. The maximum Gasteiger partial charge on any atom is 0.172 e. The molecule has 2 rings (SSSR count). The molecule has 0 aliphatic heterocycles. The van der Waals surface area contributed by atoms with Crippen LogP contribution in [0.25, 0.3) is 10.4 Å². The Morgan fingerprint density at radius 2 is 2.06 bits per heavy atom. The van der Waals surface area contributed by atoms with Gasteiger partial charge < -0.3 is 0 Å². The summed E-state index contributed by atoms with van der Waals surface area (Å²) in [5, 5.41) is 0. The molecular weight excluding hydrogens is 296 g/mol. The number of carbonyl (C=O) groups excluding carboxylic acids is 1. The molecule has 0 spiro atoms. The number of hydrogen-bond acceptors (Lipinski definition) is 2. The smallest absolute Gasteiger partial charge is 0.172 e. The van der Waals surface area contributed by atoms with Crippen LogP contribution in [0.15, 0.2) is 34.8 Å². The van der Waals surface area contributed by atoms with Crippen molar-refractivity contribution in [2.24, 2.45) is 0 Å². The number of carbonyl (C=O) groups is 1. The molecule has 1 aromatic heterocycles. The maximum atomic E-state index is 11.6. The monoisotopic (exact) mass is 308 g/mol. The van der Waals surface area contributed by atoms with Crippen LogP contribution in [0, 0.1) is 6.92 Å². The van der Waals surface area contributed by atoms with Crippen molar-refractivity contribution in [3.8, 4) is 10.4 Å². The average Bonchev–Trinajstić information content (AvgIpc) is 2.77. The number of thiophene rings is 1. The highest BCUT2D eigenvalue weighted by atomic mass is 79.9. The van der Waals surface area contributed by atoms with Crippen molar-refractivity contribution in [3.63, 3.8) is 0 Å². The Kier molecular flexibility index (Phi) is 3.79. The molecule has 0 unspecified atom stereocenters. The van der Waals surface area contributed by atoms with Crippen molar-refractivity contribution in [2.75, 3.05) is 0 Å². The first-order chi connectivity index (χ1) is 8.11. The molecule has 17 heavy (non-hydrogen) atoms. The van der Waals surface area contributed by atoms with Gasteiger partial charge in [-0.1, -0.05) is 35.0 Å². The molecule has 0 bridgehead atoms. The third-order valence-electron chi connectivity index (χ3n) is 2.59. The van der Waals surface area contributed by atoms with Crippen LogP contribution in [-0.2, 0) is 0 Å². The highest BCUT2D eigenvalue weighted by Crippen LogP contribution is 2.34. The second-order valence-electron chi connectivity index (χ2n) is 3.92. The van der Waals surface area contributed by atoms with Gasteiger partial charge in [0.25, 0.3) is 0 Å². The summed E-state index contributed by atoms with van der Waals surface area (Å²) in [6, 6.07) is 10.2. The van der Waals surface area contributed by atoms with Gasteiger partial charge in [-0.3, -0.25) is 4.79 Å². The van der Waals surface area contributed by atoms with E-state index in [0.717, 1.165) is 19.8 Å². The number of aryl methyl sites for hydroxylation is 1. The lowest BCUT2D eigenvalue weighted by Gasteiger charge is -2.02. The van der Waals surface area contributed by atoms with Crippen molar-refractivity contribution < 1.29 is 4.79 Å². The maximum absolute atomic E-state index is 11.6. The highest BCUT2D eigenvalue weighted by Gasteiger charge is 2.10. The van der Waals surface area contributed by atoms with Gasteiger partial charge in [0.2, 0.25) is 0 Å². The van der Waals surface area contributed by atoms with Gasteiger partial charge in [-0.05, 0) is 30.7 Å². The number of Topliss-reactive ketones (excluding diaryl/α,β-unsaturated/α-hetero) is 1. The molecule has 0 amide bonds. The number of benzene rings is 1. The predicted octanol–water partition coefficient (Wildman–Crippen LogP) is 5.08. The van der Waals surface area contributed by atoms with Gasteiger partial charge in [0.05, 0.1) is 4.88 Å². The van der Waals surface area contributed by atoms with Gasteiger partial charge in [0.15, 0.2) is 5.78 Å². The molecule has 88 valence electrons. The predicted molar refractivity (Wildman–Crippen MR) is 76.8 cm³/mol.